The smallest absolute Gasteiger partial charge is 0.0815 e. The number of aromatic nitrogens is 2. The minimum Gasteiger partial charge on any atom is -0.378 e. The quantitative estimate of drug-likeness (QED) is 0.919. The van der Waals surface area contributed by atoms with E-state index in [0.717, 1.165) is 22.4 Å². The Hall–Kier alpha value is -1.29. The lowest BCUT2D eigenvalue weighted by Gasteiger charge is -2.09. The molecule has 1 aromatic carbocycles. The Kier molecular flexibility index (Phi) is 4.07. The molecule has 0 saturated heterocycles. The first-order valence-corrected chi connectivity index (χ1v) is 6.90. The second kappa shape index (κ2) is 5.57. The fraction of sp³-hybridized carbons (Fsp3) is 0.357. The van der Waals surface area contributed by atoms with Crippen LogP contribution in [0.2, 0.25) is 0 Å². The van der Waals surface area contributed by atoms with Gasteiger partial charge in [-0.05, 0) is 54.4 Å². The highest BCUT2D eigenvalue weighted by molar-refractivity contribution is 9.10. The number of benzene rings is 1. The van der Waals surface area contributed by atoms with Crippen LogP contribution in [0.25, 0.3) is 0 Å². The molecule has 1 N–H and O–H groups in total. The van der Waals surface area contributed by atoms with Gasteiger partial charge in [0.25, 0.3) is 0 Å². The van der Waals surface area contributed by atoms with Gasteiger partial charge in [0.05, 0.1) is 12.2 Å². The molecular weight excluding hydrogens is 290 g/mol. The fourth-order valence-corrected chi connectivity index (χ4v) is 2.13. The molecule has 0 aliphatic carbocycles. The Morgan fingerprint density at radius 1 is 1.33 bits per heavy atom. The summed E-state index contributed by atoms with van der Waals surface area (Å²) in [4.78, 5) is 0. The standard InChI is InChI=1S/C14H18BrN3/c1-10(2)18-8-7-12(17-18)9-16-13-6-4-5-11(3)14(13)15/h4-8,10,16H,9H2,1-3H3. The summed E-state index contributed by atoms with van der Waals surface area (Å²) in [5.74, 6) is 0. The Labute approximate surface area is 116 Å². The van der Waals surface area contributed by atoms with Crippen molar-refractivity contribution in [3.8, 4) is 0 Å². The lowest BCUT2D eigenvalue weighted by atomic mass is 10.2. The van der Waals surface area contributed by atoms with Gasteiger partial charge in [-0.3, -0.25) is 4.68 Å². The molecule has 0 aliphatic rings. The van der Waals surface area contributed by atoms with Gasteiger partial charge in [-0.15, -0.1) is 0 Å². The van der Waals surface area contributed by atoms with Crippen LogP contribution in [0.4, 0.5) is 5.69 Å². The number of halogens is 1. The Bertz CT molecular complexity index is 532. The fourth-order valence-electron chi connectivity index (χ4n) is 1.73. The zero-order valence-corrected chi connectivity index (χ0v) is 12.5. The van der Waals surface area contributed by atoms with E-state index in [-0.39, 0.29) is 0 Å². The van der Waals surface area contributed by atoms with Crippen molar-refractivity contribution in [1.29, 1.82) is 0 Å². The molecule has 0 fully saturated rings. The predicted molar refractivity (Wildman–Crippen MR) is 78.8 cm³/mol. The zero-order valence-electron chi connectivity index (χ0n) is 10.9. The highest BCUT2D eigenvalue weighted by atomic mass is 79.9. The van der Waals surface area contributed by atoms with Crippen LogP contribution in [0.5, 0.6) is 0 Å². The molecule has 2 aromatic rings. The van der Waals surface area contributed by atoms with E-state index < -0.39 is 0 Å². The Morgan fingerprint density at radius 3 is 2.78 bits per heavy atom. The second-order valence-electron chi connectivity index (χ2n) is 4.67. The van der Waals surface area contributed by atoms with Crippen molar-refractivity contribution in [3.63, 3.8) is 0 Å². The molecule has 0 atom stereocenters. The third-order valence-electron chi connectivity index (χ3n) is 2.84. The molecule has 0 radical (unpaired) electrons. The van der Waals surface area contributed by atoms with Gasteiger partial charge in [0, 0.05) is 22.4 Å². The summed E-state index contributed by atoms with van der Waals surface area (Å²) in [7, 11) is 0. The average molecular weight is 308 g/mol. The van der Waals surface area contributed by atoms with Crippen molar-refractivity contribution in [2.45, 2.75) is 33.4 Å². The molecule has 0 spiro atoms. The number of nitrogens with zero attached hydrogens (tertiary/aromatic N) is 2. The zero-order chi connectivity index (χ0) is 13.1. The lowest BCUT2D eigenvalue weighted by molar-refractivity contribution is 0.527. The van der Waals surface area contributed by atoms with Crippen molar-refractivity contribution in [2.24, 2.45) is 0 Å². The van der Waals surface area contributed by atoms with Gasteiger partial charge < -0.3 is 5.32 Å². The maximum atomic E-state index is 4.52. The Morgan fingerprint density at radius 2 is 2.11 bits per heavy atom. The van der Waals surface area contributed by atoms with E-state index in [1.54, 1.807) is 0 Å². The first-order valence-electron chi connectivity index (χ1n) is 6.11. The molecule has 0 amide bonds. The molecule has 1 heterocycles. The number of rotatable bonds is 4. The van der Waals surface area contributed by atoms with Crippen LogP contribution in [-0.2, 0) is 6.54 Å². The van der Waals surface area contributed by atoms with Crippen LogP contribution < -0.4 is 5.32 Å². The monoisotopic (exact) mass is 307 g/mol. The van der Waals surface area contributed by atoms with Gasteiger partial charge in [-0.25, -0.2) is 0 Å². The van der Waals surface area contributed by atoms with Gasteiger partial charge in [0.1, 0.15) is 0 Å². The van der Waals surface area contributed by atoms with Gasteiger partial charge in [-0.2, -0.15) is 5.10 Å². The van der Waals surface area contributed by atoms with E-state index in [0.29, 0.717) is 6.04 Å². The normalized spacial score (nSPS) is 10.9. The van der Waals surface area contributed by atoms with E-state index in [4.69, 9.17) is 0 Å². The highest BCUT2D eigenvalue weighted by Gasteiger charge is 2.04. The first-order chi connectivity index (χ1) is 8.58. The predicted octanol–water partition coefficient (Wildman–Crippen LogP) is 4.15. The van der Waals surface area contributed by atoms with Crippen LogP contribution in [0.15, 0.2) is 34.9 Å². The van der Waals surface area contributed by atoms with Crippen molar-refractivity contribution in [3.05, 3.63) is 46.2 Å². The maximum Gasteiger partial charge on any atom is 0.0815 e. The van der Waals surface area contributed by atoms with Crippen molar-refractivity contribution in [2.75, 3.05) is 5.32 Å². The molecule has 96 valence electrons. The van der Waals surface area contributed by atoms with E-state index in [9.17, 15) is 0 Å². The third kappa shape index (κ3) is 2.93. The van der Waals surface area contributed by atoms with Gasteiger partial charge in [0.15, 0.2) is 0 Å². The molecule has 0 aliphatic heterocycles. The molecule has 2 rings (SSSR count). The summed E-state index contributed by atoms with van der Waals surface area (Å²) in [6, 6.07) is 8.66. The molecule has 0 saturated carbocycles. The van der Waals surface area contributed by atoms with Crippen LogP contribution in [0.3, 0.4) is 0 Å². The minimum absolute atomic E-state index is 0.407. The van der Waals surface area contributed by atoms with E-state index >= 15 is 0 Å². The highest BCUT2D eigenvalue weighted by Crippen LogP contribution is 2.26. The van der Waals surface area contributed by atoms with Crippen LogP contribution >= 0.6 is 15.9 Å². The molecule has 0 unspecified atom stereocenters. The van der Waals surface area contributed by atoms with Crippen LogP contribution in [0, 0.1) is 6.92 Å². The van der Waals surface area contributed by atoms with Gasteiger partial charge in [-0.1, -0.05) is 12.1 Å². The molecule has 3 nitrogen and oxygen atoms in total. The SMILES string of the molecule is Cc1cccc(NCc2ccn(C(C)C)n2)c1Br. The molecule has 1 aromatic heterocycles. The molecular formula is C14H18BrN3. The second-order valence-corrected chi connectivity index (χ2v) is 5.46. The number of nitrogens with one attached hydrogen (secondary N) is 1. The molecule has 0 bridgehead atoms. The summed E-state index contributed by atoms with van der Waals surface area (Å²) < 4.78 is 3.09. The number of hydrogen-bond acceptors (Lipinski definition) is 2. The first kappa shape index (κ1) is 13.1. The number of hydrogen-bond donors (Lipinski definition) is 1. The third-order valence-corrected chi connectivity index (χ3v) is 3.90. The molecule has 4 heteroatoms. The summed E-state index contributed by atoms with van der Waals surface area (Å²) in [5, 5.41) is 7.92. The van der Waals surface area contributed by atoms with Crippen molar-refractivity contribution < 1.29 is 0 Å². The van der Waals surface area contributed by atoms with Crippen molar-refractivity contribution in [1.82, 2.24) is 9.78 Å². The van der Waals surface area contributed by atoms with Crippen LogP contribution in [-0.4, -0.2) is 9.78 Å². The summed E-state index contributed by atoms with van der Waals surface area (Å²) in [5.41, 5.74) is 3.39. The lowest BCUT2D eigenvalue weighted by Crippen LogP contribution is -2.05. The number of anilines is 1. The van der Waals surface area contributed by atoms with Gasteiger partial charge in [0.2, 0.25) is 0 Å². The van der Waals surface area contributed by atoms with Crippen LogP contribution in [0.1, 0.15) is 31.1 Å². The summed E-state index contributed by atoms with van der Waals surface area (Å²) in [6.45, 7) is 7.08. The summed E-state index contributed by atoms with van der Waals surface area (Å²) in [6.07, 6.45) is 2.02. The number of aryl methyl sites for hydroxylation is 1. The maximum absolute atomic E-state index is 4.52. The van der Waals surface area contributed by atoms with E-state index in [1.807, 2.05) is 10.9 Å². The minimum atomic E-state index is 0.407. The van der Waals surface area contributed by atoms with Gasteiger partial charge >= 0.3 is 0 Å². The van der Waals surface area contributed by atoms with E-state index in [2.05, 4.69) is 71.4 Å². The Balaban J connectivity index is 2.04. The topological polar surface area (TPSA) is 29.9 Å². The van der Waals surface area contributed by atoms with Crippen molar-refractivity contribution >= 4 is 21.6 Å². The van der Waals surface area contributed by atoms with E-state index in [1.165, 1.54) is 5.56 Å². The summed E-state index contributed by atoms with van der Waals surface area (Å²) >= 11 is 3.59. The average Bonchev–Trinajstić information content (AvgIpc) is 2.80. The molecule has 18 heavy (non-hydrogen) atoms. The largest absolute Gasteiger partial charge is 0.378 e.